The summed E-state index contributed by atoms with van der Waals surface area (Å²) < 4.78 is 10.7. The zero-order valence-corrected chi connectivity index (χ0v) is 13.3. The Morgan fingerprint density at radius 1 is 1.20 bits per heavy atom. The first-order chi connectivity index (χ1) is 9.51. The van der Waals surface area contributed by atoms with E-state index in [2.05, 4.69) is 25.8 Å². The molecule has 0 fully saturated rings. The smallest absolute Gasteiger partial charge is 0.123 e. The minimum Gasteiger partial charge on any atom is -0.497 e. The van der Waals surface area contributed by atoms with E-state index < -0.39 is 0 Å². The Hall–Kier alpha value is -1.26. The molecule has 2 atom stereocenters. The van der Waals surface area contributed by atoms with Crippen molar-refractivity contribution in [3.05, 3.63) is 23.8 Å². The average molecular weight is 280 g/mol. The van der Waals surface area contributed by atoms with Gasteiger partial charge >= 0.3 is 0 Å². The van der Waals surface area contributed by atoms with Gasteiger partial charge in [-0.15, -0.1) is 0 Å². The summed E-state index contributed by atoms with van der Waals surface area (Å²) in [5.41, 5.74) is 7.32. The molecule has 4 heteroatoms. The van der Waals surface area contributed by atoms with Crippen molar-refractivity contribution in [2.75, 3.05) is 34.4 Å². The van der Waals surface area contributed by atoms with E-state index in [1.807, 2.05) is 18.2 Å². The van der Waals surface area contributed by atoms with Crippen LogP contribution < -0.4 is 15.2 Å². The second-order valence-corrected chi connectivity index (χ2v) is 5.45. The lowest BCUT2D eigenvalue weighted by Crippen LogP contribution is -2.32. The normalized spacial score (nSPS) is 14.2. The van der Waals surface area contributed by atoms with Crippen molar-refractivity contribution in [2.24, 2.45) is 11.7 Å². The lowest BCUT2D eigenvalue weighted by atomic mass is 10.0. The summed E-state index contributed by atoms with van der Waals surface area (Å²) in [6.45, 7) is 6.32. The highest BCUT2D eigenvalue weighted by Gasteiger charge is 2.16. The van der Waals surface area contributed by atoms with Gasteiger partial charge in [0, 0.05) is 24.7 Å². The van der Waals surface area contributed by atoms with Crippen LogP contribution in [-0.2, 0) is 0 Å². The second-order valence-electron chi connectivity index (χ2n) is 5.45. The van der Waals surface area contributed by atoms with Crippen LogP contribution in [0.2, 0.25) is 0 Å². The van der Waals surface area contributed by atoms with Crippen LogP contribution in [0.5, 0.6) is 11.5 Å². The molecular formula is C16H28N2O2. The molecule has 2 unspecified atom stereocenters. The van der Waals surface area contributed by atoms with E-state index in [0.29, 0.717) is 5.92 Å². The van der Waals surface area contributed by atoms with Gasteiger partial charge < -0.3 is 20.1 Å². The Morgan fingerprint density at radius 2 is 1.90 bits per heavy atom. The SMILES string of the molecule is CCC(C)CN(C)CC(N)c1cc(OC)ccc1OC. The fourth-order valence-corrected chi connectivity index (χ4v) is 2.30. The van der Waals surface area contributed by atoms with Gasteiger partial charge in [0.2, 0.25) is 0 Å². The van der Waals surface area contributed by atoms with Crippen molar-refractivity contribution in [2.45, 2.75) is 26.3 Å². The number of methoxy groups -OCH3 is 2. The van der Waals surface area contributed by atoms with E-state index in [-0.39, 0.29) is 6.04 Å². The highest BCUT2D eigenvalue weighted by Crippen LogP contribution is 2.28. The Morgan fingerprint density at radius 3 is 2.45 bits per heavy atom. The molecule has 0 aliphatic rings. The molecule has 4 nitrogen and oxygen atoms in total. The summed E-state index contributed by atoms with van der Waals surface area (Å²) >= 11 is 0. The number of hydrogen-bond donors (Lipinski definition) is 1. The molecule has 0 saturated carbocycles. The molecule has 0 aliphatic heterocycles. The summed E-state index contributed by atoms with van der Waals surface area (Å²) in [4.78, 5) is 2.28. The maximum Gasteiger partial charge on any atom is 0.123 e. The van der Waals surface area contributed by atoms with E-state index in [4.69, 9.17) is 15.2 Å². The Balaban J connectivity index is 2.77. The maximum atomic E-state index is 6.34. The second kappa shape index (κ2) is 8.12. The summed E-state index contributed by atoms with van der Waals surface area (Å²) in [5, 5.41) is 0. The first kappa shape index (κ1) is 16.8. The highest BCUT2D eigenvalue weighted by atomic mass is 16.5. The summed E-state index contributed by atoms with van der Waals surface area (Å²) in [6.07, 6.45) is 1.18. The molecule has 0 spiro atoms. The molecular weight excluding hydrogens is 252 g/mol. The van der Waals surface area contributed by atoms with Gasteiger partial charge in [0.15, 0.2) is 0 Å². The van der Waals surface area contributed by atoms with E-state index in [1.165, 1.54) is 6.42 Å². The number of rotatable bonds is 8. The summed E-state index contributed by atoms with van der Waals surface area (Å²) in [7, 11) is 5.44. The van der Waals surface area contributed by atoms with Gasteiger partial charge in [0.05, 0.1) is 14.2 Å². The molecule has 0 aliphatic carbocycles. The number of benzene rings is 1. The lowest BCUT2D eigenvalue weighted by Gasteiger charge is -2.25. The molecule has 20 heavy (non-hydrogen) atoms. The minimum absolute atomic E-state index is 0.0888. The van der Waals surface area contributed by atoms with Gasteiger partial charge in [-0.1, -0.05) is 20.3 Å². The number of nitrogens with two attached hydrogens (primary N) is 1. The van der Waals surface area contributed by atoms with Crippen LogP contribution in [0.25, 0.3) is 0 Å². The zero-order valence-electron chi connectivity index (χ0n) is 13.3. The fourth-order valence-electron chi connectivity index (χ4n) is 2.30. The third-order valence-electron chi connectivity index (χ3n) is 3.66. The Bertz CT molecular complexity index is 409. The van der Waals surface area contributed by atoms with Gasteiger partial charge in [0.25, 0.3) is 0 Å². The Kier molecular flexibility index (Phi) is 6.82. The molecule has 2 N–H and O–H groups in total. The van der Waals surface area contributed by atoms with Gasteiger partial charge in [-0.2, -0.15) is 0 Å². The number of nitrogens with zero attached hydrogens (tertiary/aromatic N) is 1. The van der Waals surface area contributed by atoms with Crippen LogP contribution in [0.15, 0.2) is 18.2 Å². The van der Waals surface area contributed by atoms with Gasteiger partial charge in [-0.05, 0) is 31.2 Å². The summed E-state index contributed by atoms with van der Waals surface area (Å²) in [6, 6.07) is 5.66. The first-order valence-electron chi connectivity index (χ1n) is 7.17. The molecule has 1 aromatic carbocycles. The van der Waals surface area contributed by atoms with Gasteiger partial charge in [-0.25, -0.2) is 0 Å². The van der Waals surface area contributed by atoms with Crippen LogP contribution in [-0.4, -0.2) is 39.3 Å². The van der Waals surface area contributed by atoms with E-state index in [0.717, 1.165) is 30.2 Å². The molecule has 0 radical (unpaired) electrons. The van der Waals surface area contributed by atoms with E-state index in [9.17, 15) is 0 Å². The van der Waals surface area contributed by atoms with Crippen molar-refractivity contribution in [1.29, 1.82) is 0 Å². The number of ether oxygens (including phenoxy) is 2. The highest BCUT2D eigenvalue weighted by molar-refractivity contribution is 5.42. The van der Waals surface area contributed by atoms with Gasteiger partial charge in [-0.3, -0.25) is 0 Å². The predicted molar refractivity (Wildman–Crippen MR) is 83.4 cm³/mol. The minimum atomic E-state index is -0.0888. The van der Waals surface area contributed by atoms with Gasteiger partial charge in [0.1, 0.15) is 11.5 Å². The first-order valence-corrected chi connectivity index (χ1v) is 7.17. The molecule has 0 amide bonds. The number of likely N-dealkylation sites (N-methyl/N-ethyl adjacent to an activating group) is 1. The third kappa shape index (κ3) is 4.69. The molecule has 0 saturated heterocycles. The molecule has 0 heterocycles. The van der Waals surface area contributed by atoms with E-state index >= 15 is 0 Å². The van der Waals surface area contributed by atoms with Crippen LogP contribution in [0.3, 0.4) is 0 Å². The molecule has 114 valence electrons. The topological polar surface area (TPSA) is 47.7 Å². The van der Waals surface area contributed by atoms with Crippen molar-refractivity contribution < 1.29 is 9.47 Å². The zero-order chi connectivity index (χ0) is 15.1. The van der Waals surface area contributed by atoms with Crippen LogP contribution in [0.1, 0.15) is 31.9 Å². The largest absolute Gasteiger partial charge is 0.497 e. The number of hydrogen-bond acceptors (Lipinski definition) is 4. The average Bonchev–Trinajstić information content (AvgIpc) is 2.45. The molecule has 1 aromatic rings. The quantitative estimate of drug-likeness (QED) is 0.795. The summed E-state index contributed by atoms with van der Waals surface area (Å²) in [5.74, 6) is 2.30. The Labute approximate surface area is 122 Å². The standard InChI is InChI=1S/C16H28N2O2/c1-6-12(2)10-18(3)11-15(17)14-9-13(19-4)7-8-16(14)20-5/h7-9,12,15H,6,10-11,17H2,1-5H3. The fraction of sp³-hybridized carbons (Fsp3) is 0.625. The van der Waals surface area contributed by atoms with Crippen LogP contribution in [0, 0.1) is 5.92 Å². The monoisotopic (exact) mass is 280 g/mol. The van der Waals surface area contributed by atoms with Crippen LogP contribution >= 0.6 is 0 Å². The van der Waals surface area contributed by atoms with Crippen LogP contribution in [0.4, 0.5) is 0 Å². The molecule has 1 rings (SSSR count). The van der Waals surface area contributed by atoms with Crippen molar-refractivity contribution in [1.82, 2.24) is 4.90 Å². The van der Waals surface area contributed by atoms with Crippen molar-refractivity contribution >= 4 is 0 Å². The lowest BCUT2D eigenvalue weighted by molar-refractivity contribution is 0.265. The predicted octanol–water partition coefficient (Wildman–Crippen LogP) is 2.68. The molecule has 0 aromatic heterocycles. The van der Waals surface area contributed by atoms with E-state index in [1.54, 1.807) is 14.2 Å². The maximum absolute atomic E-state index is 6.34. The molecule has 0 bridgehead atoms. The van der Waals surface area contributed by atoms with Crippen molar-refractivity contribution in [3.63, 3.8) is 0 Å². The third-order valence-corrected chi connectivity index (χ3v) is 3.66. The van der Waals surface area contributed by atoms with Crippen molar-refractivity contribution in [3.8, 4) is 11.5 Å².